The molecule has 2 heterocycles. The van der Waals surface area contributed by atoms with Gasteiger partial charge in [-0.15, -0.1) is 0 Å². The summed E-state index contributed by atoms with van der Waals surface area (Å²) in [5.41, 5.74) is 0.380. The Hall–Kier alpha value is -2.55. The molecule has 0 radical (unpaired) electrons. The smallest absolute Gasteiger partial charge is 0.338 e. The lowest BCUT2D eigenvalue weighted by molar-refractivity contribution is 0.0691. The minimum Gasteiger partial charge on any atom is -0.478 e. The van der Waals surface area contributed by atoms with Gasteiger partial charge in [0.2, 0.25) is 5.95 Å². The number of carboxylic acid groups (broad SMARTS) is 1. The Kier molecular flexibility index (Phi) is 5.72. The maximum Gasteiger partial charge on any atom is 0.338 e. The van der Waals surface area contributed by atoms with Gasteiger partial charge < -0.3 is 5.11 Å². The standard InChI is InChI=1S/C21H15Cl2F2N3O2S/c1-10(2)27-9-11(8-26-27)28-14-7-6-13(22)17(23)16(14)19(20(28)25)31-15-5-3-4-12(18(15)24)21(29)30/h3-10H,1-2H3,(H,29,30). The molecule has 0 aliphatic heterocycles. The van der Waals surface area contributed by atoms with Crippen molar-refractivity contribution < 1.29 is 18.7 Å². The summed E-state index contributed by atoms with van der Waals surface area (Å²) in [6.07, 6.45) is 3.21. The highest BCUT2D eigenvalue weighted by Crippen LogP contribution is 2.45. The molecule has 0 amide bonds. The molecule has 0 aliphatic carbocycles. The Morgan fingerprint density at radius 1 is 1.19 bits per heavy atom. The summed E-state index contributed by atoms with van der Waals surface area (Å²) >= 11 is 13.3. The van der Waals surface area contributed by atoms with Crippen molar-refractivity contribution in [3.8, 4) is 5.69 Å². The van der Waals surface area contributed by atoms with Crippen molar-refractivity contribution in [2.45, 2.75) is 29.7 Å². The molecule has 0 spiro atoms. The zero-order chi connectivity index (χ0) is 22.4. The molecule has 4 aromatic rings. The van der Waals surface area contributed by atoms with Gasteiger partial charge in [0.15, 0.2) is 5.82 Å². The van der Waals surface area contributed by atoms with E-state index in [1.165, 1.54) is 22.9 Å². The molecule has 0 atom stereocenters. The van der Waals surface area contributed by atoms with E-state index in [4.69, 9.17) is 23.2 Å². The first-order chi connectivity index (χ1) is 14.7. The van der Waals surface area contributed by atoms with Gasteiger partial charge in [-0.1, -0.05) is 41.0 Å². The average Bonchev–Trinajstić information content (AvgIpc) is 3.30. The summed E-state index contributed by atoms with van der Waals surface area (Å²) in [5, 5.41) is 14.1. The molecule has 4 rings (SSSR count). The Balaban J connectivity index is 1.96. The lowest BCUT2D eigenvalue weighted by Gasteiger charge is -2.06. The number of halogens is 4. The van der Waals surface area contributed by atoms with Crippen molar-refractivity contribution in [1.29, 1.82) is 0 Å². The summed E-state index contributed by atoms with van der Waals surface area (Å²) in [6.45, 7) is 3.88. The van der Waals surface area contributed by atoms with Crippen molar-refractivity contribution in [2.24, 2.45) is 0 Å². The number of hydrogen-bond acceptors (Lipinski definition) is 3. The van der Waals surface area contributed by atoms with Crippen LogP contribution in [0, 0.1) is 11.8 Å². The fraction of sp³-hybridized carbons (Fsp3) is 0.143. The SMILES string of the molecule is CC(C)n1cc(-n2c(F)c(Sc3cccc(C(=O)O)c3F)c3c(Cl)c(Cl)ccc32)cn1. The molecule has 31 heavy (non-hydrogen) atoms. The summed E-state index contributed by atoms with van der Waals surface area (Å²) in [7, 11) is 0. The van der Waals surface area contributed by atoms with Crippen LogP contribution in [0.25, 0.3) is 16.6 Å². The van der Waals surface area contributed by atoms with Crippen molar-refractivity contribution in [2.75, 3.05) is 0 Å². The van der Waals surface area contributed by atoms with Gasteiger partial charge in [0.1, 0.15) is 0 Å². The molecule has 2 aromatic carbocycles. The van der Waals surface area contributed by atoms with E-state index < -0.39 is 23.3 Å². The van der Waals surface area contributed by atoms with Crippen molar-refractivity contribution in [3.05, 3.63) is 70.1 Å². The molecule has 1 N–H and O–H groups in total. The first kappa shape index (κ1) is 21.7. The fourth-order valence-corrected chi connectivity index (χ4v) is 4.71. The maximum atomic E-state index is 15.7. The first-order valence-electron chi connectivity index (χ1n) is 9.12. The Labute approximate surface area is 190 Å². The van der Waals surface area contributed by atoms with E-state index in [0.717, 1.165) is 17.8 Å². The van der Waals surface area contributed by atoms with Crippen LogP contribution in [0.4, 0.5) is 8.78 Å². The van der Waals surface area contributed by atoms with Gasteiger partial charge in [-0.05, 0) is 38.1 Å². The second kappa shape index (κ2) is 8.18. The number of nitrogens with zero attached hydrogens (tertiary/aromatic N) is 3. The Bertz CT molecular complexity index is 1330. The lowest BCUT2D eigenvalue weighted by atomic mass is 10.2. The molecule has 0 saturated heterocycles. The van der Waals surface area contributed by atoms with E-state index in [-0.39, 0.29) is 25.9 Å². The summed E-state index contributed by atoms with van der Waals surface area (Å²) < 4.78 is 33.5. The fourth-order valence-electron chi connectivity index (χ4n) is 3.19. The van der Waals surface area contributed by atoms with Gasteiger partial charge in [0.25, 0.3) is 0 Å². The third kappa shape index (κ3) is 3.69. The zero-order valence-corrected chi connectivity index (χ0v) is 18.6. The number of carbonyl (C=O) groups is 1. The van der Waals surface area contributed by atoms with E-state index in [0.29, 0.717) is 16.6 Å². The van der Waals surface area contributed by atoms with Crippen LogP contribution in [0.3, 0.4) is 0 Å². The molecule has 0 aliphatic rings. The van der Waals surface area contributed by atoms with Gasteiger partial charge >= 0.3 is 5.97 Å². The molecule has 0 fully saturated rings. The molecule has 160 valence electrons. The van der Waals surface area contributed by atoms with Crippen LogP contribution >= 0.6 is 35.0 Å². The number of hydrogen-bond donors (Lipinski definition) is 1. The Morgan fingerprint density at radius 2 is 1.94 bits per heavy atom. The predicted octanol–water partition coefficient (Wildman–Crippen LogP) is 6.84. The average molecular weight is 482 g/mol. The van der Waals surface area contributed by atoms with E-state index in [1.54, 1.807) is 23.0 Å². The van der Waals surface area contributed by atoms with Crippen LogP contribution in [0.1, 0.15) is 30.2 Å². The van der Waals surface area contributed by atoms with Crippen molar-refractivity contribution in [3.63, 3.8) is 0 Å². The van der Waals surface area contributed by atoms with Gasteiger partial charge in [-0.3, -0.25) is 9.25 Å². The van der Waals surface area contributed by atoms with E-state index in [2.05, 4.69) is 5.10 Å². The highest BCUT2D eigenvalue weighted by molar-refractivity contribution is 7.99. The first-order valence-corrected chi connectivity index (χ1v) is 10.7. The zero-order valence-electron chi connectivity index (χ0n) is 16.2. The molecule has 0 unspecified atom stereocenters. The molecule has 10 heteroatoms. The van der Waals surface area contributed by atoms with Gasteiger partial charge in [-0.25, -0.2) is 9.18 Å². The van der Waals surface area contributed by atoms with Crippen LogP contribution in [0.5, 0.6) is 0 Å². The number of carboxylic acids is 1. The number of aromatic nitrogens is 3. The minimum absolute atomic E-state index is 0.0289. The minimum atomic E-state index is -1.41. The van der Waals surface area contributed by atoms with Crippen molar-refractivity contribution in [1.82, 2.24) is 14.3 Å². The molecule has 2 aromatic heterocycles. The van der Waals surface area contributed by atoms with Crippen LogP contribution in [-0.2, 0) is 0 Å². The monoisotopic (exact) mass is 481 g/mol. The highest BCUT2D eigenvalue weighted by Gasteiger charge is 2.25. The second-order valence-electron chi connectivity index (χ2n) is 7.01. The summed E-state index contributed by atoms with van der Waals surface area (Å²) in [6, 6.07) is 7.16. The molecule has 0 bridgehead atoms. The number of rotatable bonds is 5. The van der Waals surface area contributed by atoms with Crippen LogP contribution in [-0.4, -0.2) is 25.4 Å². The molecular formula is C21H15Cl2F2N3O2S. The largest absolute Gasteiger partial charge is 0.478 e. The van der Waals surface area contributed by atoms with Crippen LogP contribution in [0.2, 0.25) is 10.0 Å². The number of benzene rings is 2. The summed E-state index contributed by atoms with van der Waals surface area (Å²) in [4.78, 5) is 11.3. The highest BCUT2D eigenvalue weighted by atomic mass is 35.5. The molecular weight excluding hydrogens is 467 g/mol. The van der Waals surface area contributed by atoms with Crippen molar-refractivity contribution >= 4 is 51.8 Å². The Morgan fingerprint density at radius 3 is 2.58 bits per heavy atom. The van der Waals surface area contributed by atoms with Crippen LogP contribution < -0.4 is 0 Å². The molecule has 0 saturated carbocycles. The maximum absolute atomic E-state index is 15.7. The quantitative estimate of drug-likeness (QED) is 0.338. The normalized spacial score (nSPS) is 11.6. The molecule has 5 nitrogen and oxygen atoms in total. The number of aromatic carboxylic acids is 1. The summed E-state index contributed by atoms with van der Waals surface area (Å²) in [5.74, 6) is -3.05. The van der Waals surface area contributed by atoms with E-state index >= 15 is 4.39 Å². The van der Waals surface area contributed by atoms with Gasteiger partial charge in [0.05, 0.1) is 37.9 Å². The van der Waals surface area contributed by atoms with E-state index in [9.17, 15) is 14.3 Å². The van der Waals surface area contributed by atoms with Gasteiger partial charge in [0, 0.05) is 22.5 Å². The third-order valence-electron chi connectivity index (χ3n) is 4.71. The second-order valence-corrected chi connectivity index (χ2v) is 8.85. The predicted molar refractivity (Wildman–Crippen MR) is 117 cm³/mol. The lowest BCUT2D eigenvalue weighted by Crippen LogP contribution is -2.01. The van der Waals surface area contributed by atoms with Crippen LogP contribution in [0.15, 0.2) is 52.5 Å². The number of fused-ring (bicyclic) bond motifs is 1. The topological polar surface area (TPSA) is 60.0 Å². The van der Waals surface area contributed by atoms with E-state index in [1.807, 2.05) is 13.8 Å². The third-order valence-corrected chi connectivity index (χ3v) is 6.62. The van der Waals surface area contributed by atoms with Gasteiger partial charge in [-0.2, -0.15) is 9.49 Å².